The van der Waals surface area contributed by atoms with Crippen LogP contribution in [0.3, 0.4) is 0 Å². The molecular formula is C27H35N9O4. The molecule has 0 aliphatic carbocycles. The number of hydrogen-bond acceptors (Lipinski definition) is 10. The van der Waals surface area contributed by atoms with Gasteiger partial charge in [-0.05, 0) is 42.8 Å². The summed E-state index contributed by atoms with van der Waals surface area (Å²) in [6.45, 7) is 7.97. The Morgan fingerprint density at radius 1 is 1.10 bits per heavy atom. The number of rotatable bonds is 10. The topological polar surface area (TPSA) is 135 Å². The molecule has 13 heteroatoms. The van der Waals surface area contributed by atoms with E-state index in [-0.39, 0.29) is 11.9 Å². The fraction of sp³-hybridized carbons (Fsp3) is 0.444. The van der Waals surface area contributed by atoms with Gasteiger partial charge in [-0.1, -0.05) is 6.92 Å². The smallest absolute Gasteiger partial charge is 0.343 e. The molecule has 0 spiro atoms. The zero-order chi connectivity index (χ0) is 27.6. The number of aromatic amines is 1. The van der Waals surface area contributed by atoms with E-state index < -0.39 is 0 Å². The summed E-state index contributed by atoms with van der Waals surface area (Å²) in [5.41, 5.74) is 2.20. The summed E-state index contributed by atoms with van der Waals surface area (Å²) in [5, 5.41) is 4.49. The first-order valence-electron chi connectivity index (χ1n) is 13.6. The van der Waals surface area contributed by atoms with E-state index >= 15 is 0 Å². The number of benzene rings is 1. The number of ether oxygens (including phenoxy) is 2. The summed E-state index contributed by atoms with van der Waals surface area (Å²) in [6, 6.07) is 11.8. The first-order chi connectivity index (χ1) is 19.6. The van der Waals surface area contributed by atoms with Gasteiger partial charge in [0.05, 0.1) is 12.9 Å². The van der Waals surface area contributed by atoms with Gasteiger partial charge in [0.1, 0.15) is 29.9 Å². The first-order valence-corrected chi connectivity index (χ1v) is 13.6. The molecule has 0 amide bonds. The minimum absolute atomic E-state index is 0.225. The van der Waals surface area contributed by atoms with Crippen LogP contribution in [0.15, 0.2) is 56.9 Å². The highest BCUT2D eigenvalue weighted by molar-refractivity contribution is 6.14. The number of furan rings is 1. The third-order valence-electron chi connectivity index (χ3n) is 7.49. The van der Waals surface area contributed by atoms with Crippen molar-refractivity contribution >= 4 is 23.0 Å². The summed E-state index contributed by atoms with van der Waals surface area (Å²) in [5.74, 6) is 8.93. The van der Waals surface area contributed by atoms with Gasteiger partial charge in [-0.15, -0.1) is 0 Å². The van der Waals surface area contributed by atoms with Gasteiger partial charge in [-0.2, -0.15) is 4.98 Å². The Bertz CT molecular complexity index is 1510. The van der Waals surface area contributed by atoms with Crippen LogP contribution in [0, 0.1) is 0 Å². The molecule has 3 aromatic heterocycles. The number of hydrogen-bond donors (Lipinski definition) is 2. The predicted octanol–water partition coefficient (Wildman–Crippen LogP) is 1.53. The number of anilines is 2. The molecule has 212 valence electrons. The number of aromatic nitrogens is 4. The zero-order valence-corrected chi connectivity index (χ0v) is 22.8. The molecule has 4 aromatic rings. The molecule has 1 fully saturated rings. The lowest BCUT2D eigenvalue weighted by atomic mass is 10.1. The van der Waals surface area contributed by atoms with Crippen molar-refractivity contribution in [3.8, 4) is 5.75 Å². The Morgan fingerprint density at radius 3 is 2.60 bits per heavy atom. The van der Waals surface area contributed by atoms with E-state index in [0.29, 0.717) is 54.9 Å². The fourth-order valence-corrected chi connectivity index (χ4v) is 5.29. The first kappa shape index (κ1) is 26.2. The number of nitrogens with zero attached hydrogens (tertiary/aromatic N) is 7. The lowest BCUT2D eigenvalue weighted by Crippen LogP contribution is -2.47. The fourth-order valence-electron chi connectivity index (χ4n) is 5.29. The molecule has 3 N–H and O–H groups in total. The molecule has 1 saturated heterocycles. The molecule has 13 nitrogen and oxygen atoms in total. The van der Waals surface area contributed by atoms with Crippen molar-refractivity contribution in [2.24, 2.45) is 10.8 Å². The van der Waals surface area contributed by atoms with Crippen LogP contribution in [0.1, 0.15) is 24.8 Å². The Morgan fingerprint density at radius 2 is 1.90 bits per heavy atom. The second-order valence-electron chi connectivity index (χ2n) is 9.90. The maximum atomic E-state index is 13.0. The minimum atomic E-state index is -0.275. The number of methoxy groups -OCH3 is 1. The van der Waals surface area contributed by atoms with Gasteiger partial charge in [0, 0.05) is 52.1 Å². The number of imidazole rings is 1. The van der Waals surface area contributed by atoms with Crippen LogP contribution in [0.2, 0.25) is 0 Å². The summed E-state index contributed by atoms with van der Waals surface area (Å²) in [6.07, 6.45) is 2.03. The zero-order valence-electron chi connectivity index (χ0n) is 22.8. The van der Waals surface area contributed by atoms with Crippen LogP contribution in [0.25, 0.3) is 5.78 Å². The van der Waals surface area contributed by atoms with Crippen molar-refractivity contribution in [3.63, 3.8) is 0 Å². The van der Waals surface area contributed by atoms with Gasteiger partial charge in [0.15, 0.2) is 11.6 Å². The Hall–Kier alpha value is -4.07. The molecule has 1 aromatic carbocycles. The molecule has 0 saturated carbocycles. The second kappa shape index (κ2) is 11.2. The van der Waals surface area contributed by atoms with Crippen molar-refractivity contribution < 1.29 is 13.9 Å². The number of aliphatic imine (C=N–C) groups is 1. The highest BCUT2D eigenvalue weighted by Crippen LogP contribution is 2.30. The number of piperazine rings is 1. The van der Waals surface area contributed by atoms with E-state index in [1.54, 1.807) is 27.5 Å². The monoisotopic (exact) mass is 549 g/mol. The normalized spacial score (nSPS) is 17.9. The summed E-state index contributed by atoms with van der Waals surface area (Å²) >= 11 is 0. The molecule has 0 bridgehead atoms. The second-order valence-corrected chi connectivity index (χ2v) is 9.90. The molecule has 1 atom stereocenters. The van der Waals surface area contributed by atoms with Crippen molar-refractivity contribution in [1.29, 1.82) is 0 Å². The average molecular weight is 550 g/mol. The van der Waals surface area contributed by atoms with Crippen molar-refractivity contribution in [3.05, 3.63) is 64.6 Å². The van der Waals surface area contributed by atoms with E-state index in [4.69, 9.17) is 29.7 Å². The van der Waals surface area contributed by atoms with Crippen LogP contribution < -0.4 is 26.2 Å². The highest BCUT2D eigenvalue weighted by atomic mass is 16.5. The van der Waals surface area contributed by atoms with Crippen molar-refractivity contribution in [2.75, 3.05) is 63.0 Å². The molecule has 2 aliphatic heterocycles. The molecule has 2 aliphatic rings. The van der Waals surface area contributed by atoms with Gasteiger partial charge in [-0.25, -0.2) is 20.3 Å². The molecule has 1 unspecified atom stereocenters. The molecular weight excluding hydrogens is 514 g/mol. The Balaban J connectivity index is 1.13. The van der Waals surface area contributed by atoms with Gasteiger partial charge < -0.3 is 18.8 Å². The number of hydrazine groups is 1. The van der Waals surface area contributed by atoms with Gasteiger partial charge in [-0.3, -0.25) is 19.5 Å². The molecule has 5 heterocycles. The minimum Gasteiger partial charge on any atom is -0.491 e. The van der Waals surface area contributed by atoms with Crippen LogP contribution in [-0.4, -0.2) is 89.0 Å². The van der Waals surface area contributed by atoms with Gasteiger partial charge >= 0.3 is 5.69 Å². The number of nitrogens with two attached hydrogens (primary N) is 1. The van der Waals surface area contributed by atoms with Gasteiger partial charge in [0.2, 0.25) is 5.78 Å². The van der Waals surface area contributed by atoms with E-state index in [2.05, 4.69) is 27.0 Å². The number of H-pyrrole nitrogens is 1. The Kier molecular flexibility index (Phi) is 7.32. The Labute approximate surface area is 231 Å². The van der Waals surface area contributed by atoms with Crippen molar-refractivity contribution in [2.45, 2.75) is 26.1 Å². The van der Waals surface area contributed by atoms with Gasteiger partial charge in [0.25, 0.3) is 0 Å². The third kappa shape index (κ3) is 4.87. The predicted molar refractivity (Wildman–Crippen MR) is 151 cm³/mol. The number of fused-ring (bicyclic) bond motifs is 3. The summed E-state index contributed by atoms with van der Waals surface area (Å²) in [4.78, 5) is 27.3. The lowest BCUT2D eigenvalue weighted by Gasteiger charge is -2.36. The van der Waals surface area contributed by atoms with Crippen LogP contribution in [0.4, 0.5) is 11.5 Å². The van der Waals surface area contributed by atoms with E-state index in [1.807, 2.05) is 31.2 Å². The van der Waals surface area contributed by atoms with Crippen LogP contribution in [0.5, 0.6) is 5.75 Å². The molecule has 6 rings (SSSR count). The van der Waals surface area contributed by atoms with E-state index in [1.165, 1.54) is 5.69 Å². The third-order valence-corrected chi connectivity index (χ3v) is 7.49. The van der Waals surface area contributed by atoms with E-state index in [0.717, 1.165) is 38.5 Å². The SMILES string of the molecule is CCC1N=C(c2ccco2)c2c(nc3n(CCN4CCN(c5ccc(OCCOC)cc5)CC4)c(=O)[nH]n23)N1N. The number of nitrogens with one attached hydrogen (secondary N) is 1. The van der Waals surface area contributed by atoms with Crippen LogP contribution >= 0.6 is 0 Å². The maximum Gasteiger partial charge on any atom is 0.343 e. The summed E-state index contributed by atoms with van der Waals surface area (Å²) < 4.78 is 19.7. The summed E-state index contributed by atoms with van der Waals surface area (Å²) in [7, 11) is 1.66. The largest absolute Gasteiger partial charge is 0.491 e. The maximum absolute atomic E-state index is 13.0. The quantitative estimate of drug-likeness (QED) is 0.223. The standard InChI is InChI=1S/C27H35N9O4/c1-3-22-29-23(21-5-4-16-40-21)24-25(35(22)28)30-26-34(27(37)31-36(24)26)15-12-32-10-13-33(14-11-32)19-6-8-20(9-7-19)39-18-17-38-2/h4-9,16,22H,3,10-15,17-18,28H2,1-2H3,(H,31,37). The van der Waals surface area contributed by atoms with E-state index in [9.17, 15) is 4.79 Å². The molecule has 0 radical (unpaired) electrons. The lowest BCUT2D eigenvalue weighted by molar-refractivity contribution is 0.146. The van der Waals surface area contributed by atoms with Crippen LogP contribution in [-0.2, 0) is 11.3 Å². The highest BCUT2D eigenvalue weighted by Gasteiger charge is 2.34. The van der Waals surface area contributed by atoms with Crippen molar-refractivity contribution in [1.82, 2.24) is 24.1 Å². The molecule has 40 heavy (non-hydrogen) atoms. The average Bonchev–Trinajstić information content (AvgIpc) is 3.70.